The van der Waals surface area contributed by atoms with Crippen LogP contribution in [0.15, 0.2) is 22.7 Å². The summed E-state index contributed by atoms with van der Waals surface area (Å²) in [5, 5.41) is 14.3. The lowest BCUT2D eigenvalue weighted by Gasteiger charge is -2.13. The number of rotatable bonds is 5. The smallest absolute Gasteiger partial charge is 0.283 e. The molecule has 1 aliphatic rings. The summed E-state index contributed by atoms with van der Waals surface area (Å²) in [6.45, 7) is 0.648. The number of nitrogens with zero attached hydrogens (tertiary/aromatic N) is 1. The minimum absolute atomic E-state index is 0.112. The Hall–Kier alpha value is -0.980. The molecule has 2 unspecified atom stereocenters. The van der Waals surface area contributed by atoms with Crippen molar-refractivity contribution in [3.63, 3.8) is 0 Å². The van der Waals surface area contributed by atoms with Gasteiger partial charge in [-0.05, 0) is 46.8 Å². The van der Waals surface area contributed by atoms with E-state index in [1.54, 1.807) is 19.2 Å². The highest BCUT2D eigenvalue weighted by molar-refractivity contribution is 9.10. The second-order valence-corrected chi connectivity index (χ2v) is 5.65. The Balaban J connectivity index is 1.93. The van der Waals surface area contributed by atoms with E-state index in [9.17, 15) is 10.1 Å². The van der Waals surface area contributed by atoms with E-state index >= 15 is 0 Å². The number of methoxy groups -OCH3 is 1. The molecule has 2 rings (SSSR count). The maximum atomic E-state index is 10.9. The summed E-state index contributed by atoms with van der Waals surface area (Å²) in [6, 6.07) is 5.67. The topological polar surface area (TPSA) is 64.4 Å². The monoisotopic (exact) mass is 328 g/mol. The van der Waals surface area contributed by atoms with Gasteiger partial charge >= 0.3 is 0 Å². The molecule has 0 amide bonds. The van der Waals surface area contributed by atoms with Gasteiger partial charge in [-0.1, -0.05) is 6.07 Å². The summed E-state index contributed by atoms with van der Waals surface area (Å²) in [7, 11) is 1.74. The van der Waals surface area contributed by atoms with E-state index < -0.39 is 0 Å². The zero-order valence-electron chi connectivity index (χ0n) is 10.8. The maximum Gasteiger partial charge on any atom is 0.283 e. The molecule has 1 saturated carbocycles. The summed E-state index contributed by atoms with van der Waals surface area (Å²) in [6.07, 6.45) is 3.53. The summed E-state index contributed by atoms with van der Waals surface area (Å²) in [5.74, 6) is 0. The van der Waals surface area contributed by atoms with Gasteiger partial charge in [-0.15, -0.1) is 0 Å². The van der Waals surface area contributed by atoms with Crippen LogP contribution in [0.4, 0.5) is 5.69 Å². The Morgan fingerprint density at radius 3 is 2.95 bits per heavy atom. The predicted octanol–water partition coefficient (Wildman–Crippen LogP) is 3.01. The Labute approximate surface area is 120 Å². The molecule has 2 atom stereocenters. The van der Waals surface area contributed by atoms with E-state index in [0.717, 1.165) is 24.8 Å². The standard InChI is InChI=1S/C13H17BrN2O3/c1-19-11-4-3-10(7-11)15-8-9-2-5-12(14)13(6-9)16(17)18/h2,5-6,10-11,15H,3-4,7-8H2,1H3. The molecule has 0 heterocycles. The Bertz CT molecular complexity index is 467. The van der Waals surface area contributed by atoms with Crippen LogP contribution >= 0.6 is 15.9 Å². The zero-order chi connectivity index (χ0) is 13.8. The van der Waals surface area contributed by atoms with Crippen LogP contribution in [0.25, 0.3) is 0 Å². The summed E-state index contributed by atoms with van der Waals surface area (Å²) in [4.78, 5) is 10.5. The van der Waals surface area contributed by atoms with Crippen molar-refractivity contribution in [2.24, 2.45) is 0 Å². The van der Waals surface area contributed by atoms with Crippen molar-refractivity contribution in [3.8, 4) is 0 Å². The third kappa shape index (κ3) is 3.75. The minimum Gasteiger partial charge on any atom is -0.381 e. The Morgan fingerprint density at radius 1 is 1.53 bits per heavy atom. The van der Waals surface area contributed by atoms with Crippen LogP contribution in [0.3, 0.4) is 0 Å². The van der Waals surface area contributed by atoms with Crippen LogP contribution in [0.5, 0.6) is 0 Å². The first-order valence-electron chi connectivity index (χ1n) is 6.29. The number of hydrogen-bond acceptors (Lipinski definition) is 4. The molecular weight excluding hydrogens is 312 g/mol. The molecule has 1 aromatic carbocycles. The van der Waals surface area contributed by atoms with Crippen LogP contribution < -0.4 is 5.32 Å². The highest BCUT2D eigenvalue weighted by Gasteiger charge is 2.23. The van der Waals surface area contributed by atoms with Crippen molar-refractivity contribution >= 4 is 21.6 Å². The number of benzene rings is 1. The fourth-order valence-electron chi connectivity index (χ4n) is 2.41. The van der Waals surface area contributed by atoms with Crippen molar-refractivity contribution in [2.45, 2.75) is 38.0 Å². The number of halogens is 1. The van der Waals surface area contributed by atoms with Crippen molar-refractivity contribution < 1.29 is 9.66 Å². The van der Waals surface area contributed by atoms with Gasteiger partial charge in [0, 0.05) is 25.8 Å². The van der Waals surface area contributed by atoms with Gasteiger partial charge in [-0.25, -0.2) is 0 Å². The van der Waals surface area contributed by atoms with Crippen LogP contribution in [0.2, 0.25) is 0 Å². The number of hydrogen-bond donors (Lipinski definition) is 1. The van der Waals surface area contributed by atoms with Gasteiger partial charge in [0.05, 0.1) is 15.5 Å². The molecule has 0 spiro atoms. The largest absolute Gasteiger partial charge is 0.381 e. The van der Waals surface area contributed by atoms with Crippen LogP contribution in [0.1, 0.15) is 24.8 Å². The molecule has 1 aromatic rings. The third-order valence-corrected chi connectivity index (χ3v) is 4.19. The molecule has 0 bridgehead atoms. The second kappa shape index (κ2) is 6.45. The highest BCUT2D eigenvalue weighted by Crippen LogP contribution is 2.26. The molecular formula is C13H17BrN2O3. The molecule has 1 aliphatic carbocycles. The lowest BCUT2D eigenvalue weighted by Crippen LogP contribution is -2.26. The zero-order valence-corrected chi connectivity index (χ0v) is 12.4. The van der Waals surface area contributed by atoms with Gasteiger partial charge in [-0.2, -0.15) is 0 Å². The Morgan fingerprint density at radius 2 is 2.32 bits per heavy atom. The van der Waals surface area contributed by atoms with Gasteiger partial charge in [-0.3, -0.25) is 10.1 Å². The number of ether oxygens (including phenoxy) is 1. The molecule has 19 heavy (non-hydrogen) atoms. The Kier molecular flexibility index (Phi) is 4.90. The summed E-state index contributed by atoms with van der Waals surface area (Å²) < 4.78 is 5.84. The van der Waals surface area contributed by atoms with Crippen molar-refractivity contribution in [1.82, 2.24) is 5.32 Å². The van der Waals surface area contributed by atoms with E-state index in [0.29, 0.717) is 23.2 Å². The molecule has 1 fully saturated rings. The van der Waals surface area contributed by atoms with Crippen LogP contribution in [-0.2, 0) is 11.3 Å². The summed E-state index contributed by atoms with van der Waals surface area (Å²) in [5.41, 5.74) is 1.04. The molecule has 0 aliphatic heterocycles. The fourth-order valence-corrected chi connectivity index (χ4v) is 2.80. The first kappa shape index (κ1) is 14.4. The maximum absolute atomic E-state index is 10.9. The van der Waals surface area contributed by atoms with Gasteiger partial charge in [0.2, 0.25) is 0 Å². The van der Waals surface area contributed by atoms with Crippen LogP contribution in [0, 0.1) is 10.1 Å². The highest BCUT2D eigenvalue weighted by atomic mass is 79.9. The first-order valence-corrected chi connectivity index (χ1v) is 7.08. The average molecular weight is 329 g/mol. The van der Waals surface area contributed by atoms with Crippen LogP contribution in [-0.4, -0.2) is 24.2 Å². The van der Waals surface area contributed by atoms with E-state index in [2.05, 4.69) is 21.2 Å². The van der Waals surface area contributed by atoms with Gasteiger partial charge < -0.3 is 10.1 Å². The van der Waals surface area contributed by atoms with Gasteiger partial charge in [0.25, 0.3) is 5.69 Å². The fraction of sp³-hybridized carbons (Fsp3) is 0.538. The van der Waals surface area contributed by atoms with Gasteiger partial charge in [0.1, 0.15) is 0 Å². The van der Waals surface area contributed by atoms with Crippen molar-refractivity contribution in [2.75, 3.05) is 7.11 Å². The molecule has 0 aromatic heterocycles. The number of nitrogens with one attached hydrogen (secondary N) is 1. The van der Waals surface area contributed by atoms with Crippen molar-refractivity contribution in [3.05, 3.63) is 38.3 Å². The molecule has 5 nitrogen and oxygen atoms in total. The normalized spacial score (nSPS) is 22.6. The van der Waals surface area contributed by atoms with E-state index in [1.807, 2.05) is 6.07 Å². The lowest BCUT2D eigenvalue weighted by atomic mass is 10.1. The third-order valence-electron chi connectivity index (χ3n) is 3.52. The molecule has 0 radical (unpaired) electrons. The summed E-state index contributed by atoms with van der Waals surface area (Å²) >= 11 is 3.19. The van der Waals surface area contributed by atoms with E-state index in [1.165, 1.54) is 0 Å². The quantitative estimate of drug-likeness (QED) is 0.666. The average Bonchev–Trinajstić information content (AvgIpc) is 2.85. The first-order chi connectivity index (χ1) is 9.10. The van der Waals surface area contributed by atoms with Gasteiger partial charge in [0.15, 0.2) is 0 Å². The molecule has 1 N–H and O–H groups in total. The second-order valence-electron chi connectivity index (χ2n) is 4.79. The molecule has 0 saturated heterocycles. The SMILES string of the molecule is COC1CCC(NCc2ccc(Br)c([N+](=O)[O-])c2)C1. The molecule has 104 valence electrons. The van der Waals surface area contributed by atoms with E-state index in [-0.39, 0.29) is 10.6 Å². The predicted molar refractivity (Wildman–Crippen MR) is 76.1 cm³/mol. The van der Waals surface area contributed by atoms with E-state index in [4.69, 9.17) is 4.74 Å². The van der Waals surface area contributed by atoms with Crippen molar-refractivity contribution in [1.29, 1.82) is 0 Å². The number of nitro benzene ring substituents is 1. The molecule has 6 heteroatoms. The lowest BCUT2D eigenvalue weighted by molar-refractivity contribution is -0.385. The number of nitro groups is 1. The minimum atomic E-state index is -0.371.